The number of aromatic nitrogens is 4. The van der Waals surface area contributed by atoms with Gasteiger partial charge in [0.25, 0.3) is 0 Å². The van der Waals surface area contributed by atoms with E-state index in [1.165, 1.54) is 0 Å². The quantitative estimate of drug-likeness (QED) is 0.564. The molecule has 0 atom stereocenters. The number of aliphatic imine (C=N–C) groups is 1. The Morgan fingerprint density at radius 2 is 2.03 bits per heavy atom. The summed E-state index contributed by atoms with van der Waals surface area (Å²) in [5, 5.41) is 11.4. The van der Waals surface area contributed by atoms with Crippen LogP contribution in [-0.4, -0.2) is 43.7 Å². The summed E-state index contributed by atoms with van der Waals surface area (Å²) >= 11 is 0. The molecular weight excluding hydrogens is 378 g/mol. The molecule has 3 heterocycles. The minimum absolute atomic E-state index is 0.00565. The van der Waals surface area contributed by atoms with Gasteiger partial charge in [-0.25, -0.2) is 14.5 Å². The Hall–Kier alpha value is -3.68. The average Bonchev–Trinajstić information content (AvgIpc) is 3.38. The average molecular weight is 403 g/mol. The molecule has 0 aliphatic heterocycles. The lowest BCUT2D eigenvalue weighted by Gasteiger charge is -2.15. The first-order valence-electron chi connectivity index (χ1n) is 10.1. The van der Waals surface area contributed by atoms with Crippen LogP contribution in [0.15, 0.2) is 71.5 Å². The van der Waals surface area contributed by atoms with Crippen molar-refractivity contribution in [2.45, 2.75) is 26.8 Å². The highest BCUT2D eigenvalue weighted by atomic mass is 16.1. The first-order valence-corrected chi connectivity index (χ1v) is 10.1. The van der Waals surface area contributed by atoms with E-state index >= 15 is 0 Å². The molecule has 2 N–H and O–H groups in total. The van der Waals surface area contributed by atoms with Crippen molar-refractivity contribution in [2.24, 2.45) is 4.99 Å². The Balaban J connectivity index is 1.69. The van der Waals surface area contributed by atoms with Gasteiger partial charge in [0, 0.05) is 44.3 Å². The van der Waals surface area contributed by atoms with Gasteiger partial charge in [-0.05, 0) is 37.1 Å². The summed E-state index contributed by atoms with van der Waals surface area (Å²) in [5.74, 6) is 0.706. The van der Waals surface area contributed by atoms with Gasteiger partial charge in [0.1, 0.15) is 5.69 Å². The van der Waals surface area contributed by atoms with Crippen molar-refractivity contribution in [3.63, 3.8) is 0 Å². The van der Waals surface area contributed by atoms with Crippen molar-refractivity contribution < 1.29 is 4.79 Å². The number of nitrogens with zero attached hydrogens (tertiary/aromatic N) is 5. The maximum atomic E-state index is 12.2. The molecule has 0 unspecified atom stereocenters. The number of rotatable bonds is 8. The van der Waals surface area contributed by atoms with E-state index in [0.717, 1.165) is 42.1 Å². The molecule has 8 nitrogen and oxygen atoms in total. The zero-order valence-corrected chi connectivity index (χ0v) is 17.2. The maximum absolute atomic E-state index is 12.2. The molecule has 8 heteroatoms. The lowest BCUT2D eigenvalue weighted by Crippen LogP contribution is -2.24. The summed E-state index contributed by atoms with van der Waals surface area (Å²) in [6, 6.07) is 5.89. The topological polar surface area (TPSA) is 88.6 Å². The van der Waals surface area contributed by atoms with Crippen molar-refractivity contribution >= 4 is 28.5 Å². The number of carbonyl (C=O) groups is 1. The van der Waals surface area contributed by atoms with E-state index in [-0.39, 0.29) is 5.78 Å². The third-order valence-electron chi connectivity index (χ3n) is 4.83. The van der Waals surface area contributed by atoms with E-state index in [2.05, 4.69) is 27.6 Å². The Labute approximate surface area is 175 Å². The lowest BCUT2D eigenvalue weighted by atomic mass is 10.0. The molecule has 0 spiro atoms. The minimum atomic E-state index is 0.00565. The Kier molecular flexibility index (Phi) is 5.74. The lowest BCUT2D eigenvalue weighted by molar-refractivity contribution is -0.111. The molecule has 0 saturated carbocycles. The number of nitrogens with one attached hydrogen (secondary N) is 2. The molecule has 1 aliphatic rings. The third-order valence-corrected chi connectivity index (χ3v) is 4.83. The molecule has 3 aromatic rings. The highest BCUT2D eigenvalue weighted by molar-refractivity contribution is 6.22. The van der Waals surface area contributed by atoms with E-state index in [0.29, 0.717) is 17.9 Å². The maximum Gasteiger partial charge on any atom is 0.183 e. The molecule has 0 amide bonds. The van der Waals surface area contributed by atoms with Gasteiger partial charge in [-0.3, -0.25) is 4.79 Å². The van der Waals surface area contributed by atoms with Crippen LogP contribution in [0.2, 0.25) is 0 Å². The van der Waals surface area contributed by atoms with Crippen LogP contribution in [0.4, 0.5) is 11.5 Å². The van der Waals surface area contributed by atoms with E-state index in [1.807, 2.05) is 52.7 Å². The number of hydrogen-bond donors (Lipinski definition) is 2. The smallest absolute Gasteiger partial charge is 0.183 e. The number of anilines is 1. The van der Waals surface area contributed by atoms with Gasteiger partial charge in [0.05, 0.1) is 23.3 Å². The van der Waals surface area contributed by atoms with Crippen LogP contribution >= 0.6 is 0 Å². The van der Waals surface area contributed by atoms with Gasteiger partial charge in [-0.1, -0.05) is 13.0 Å². The Bertz CT molecular complexity index is 1140. The van der Waals surface area contributed by atoms with Crippen LogP contribution in [0.1, 0.15) is 20.3 Å². The van der Waals surface area contributed by atoms with Crippen LogP contribution < -0.4 is 10.6 Å². The number of imidazole rings is 1. The van der Waals surface area contributed by atoms with E-state index < -0.39 is 0 Å². The van der Waals surface area contributed by atoms with Crippen molar-refractivity contribution in [3.05, 3.63) is 66.5 Å². The van der Waals surface area contributed by atoms with Crippen LogP contribution in [0.25, 0.3) is 5.52 Å². The third kappa shape index (κ3) is 4.17. The van der Waals surface area contributed by atoms with Crippen LogP contribution in [0.3, 0.4) is 0 Å². The molecule has 4 rings (SSSR count). The predicted molar refractivity (Wildman–Crippen MR) is 118 cm³/mol. The second-order valence-electron chi connectivity index (χ2n) is 7.13. The van der Waals surface area contributed by atoms with Crippen molar-refractivity contribution in [3.8, 4) is 0 Å². The fraction of sp³-hybridized carbons (Fsp3) is 0.273. The second kappa shape index (κ2) is 8.77. The van der Waals surface area contributed by atoms with Gasteiger partial charge in [0.2, 0.25) is 0 Å². The number of ketones is 1. The summed E-state index contributed by atoms with van der Waals surface area (Å²) in [6.45, 7) is 6.12. The number of fused-ring (bicyclic) bond motifs is 1. The molecule has 154 valence electrons. The number of hydrogen-bond acceptors (Lipinski definition) is 6. The molecule has 0 aromatic carbocycles. The monoisotopic (exact) mass is 403 g/mol. The van der Waals surface area contributed by atoms with Gasteiger partial charge >= 0.3 is 0 Å². The number of allylic oxidation sites excluding steroid dienone is 3. The zero-order valence-electron chi connectivity index (χ0n) is 17.2. The second-order valence-corrected chi connectivity index (χ2v) is 7.13. The van der Waals surface area contributed by atoms with Crippen molar-refractivity contribution in [1.29, 1.82) is 0 Å². The normalized spacial score (nSPS) is 15.4. The Morgan fingerprint density at radius 3 is 2.83 bits per heavy atom. The number of carbonyl (C=O) groups excluding carboxylic acids is 1. The molecule has 0 saturated heterocycles. The first kappa shape index (κ1) is 19.6. The number of pyridine rings is 1. The fourth-order valence-electron chi connectivity index (χ4n) is 3.22. The predicted octanol–water partition coefficient (Wildman–Crippen LogP) is 3.13. The summed E-state index contributed by atoms with van der Waals surface area (Å²) in [6.07, 6.45) is 11.8. The van der Waals surface area contributed by atoms with E-state index in [4.69, 9.17) is 4.99 Å². The molecule has 0 radical (unpaired) electrons. The van der Waals surface area contributed by atoms with Crippen LogP contribution in [-0.2, 0) is 11.3 Å². The van der Waals surface area contributed by atoms with Crippen molar-refractivity contribution in [2.75, 3.05) is 18.4 Å². The molecular formula is C22H25N7O. The summed E-state index contributed by atoms with van der Waals surface area (Å²) in [7, 11) is 0. The fourth-order valence-corrected chi connectivity index (χ4v) is 3.22. The van der Waals surface area contributed by atoms with Crippen LogP contribution in [0, 0.1) is 0 Å². The summed E-state index contributed by atoms with van der Waals surface area (Å²) < 4.78 is 3.81. The minimum Gasteiger partial charge on any atom is -0.383 e. The largest absolute Gasteiger partial charge is 0.383 e. The van der Waals surface area contributed by atoms with Gasteiger partial charge in [-0.15, -0.1) is 5.10 Å². The van der Waals surface area contributed by atoms with E-state index in [1.54, 1.807) is 18.6 Å². The molecule has 3 aromatic heterocycles. The molecule has 0 fully saturated rings. The molecule has 0 bridgehead atoms. The summed E-state index contributed by atoms with van der Waals surface area (Å²) in [4.78, 5) is 21.2. The van der Waals surface area contributed by atoms with Gasteiger partial charge < -0.3 is 15.2 Å². The van der Waals surface area contributed by atoms with Gasteiger partial charge in [0.15, 0.2) is 11.6 Å². The highest BCUT2D eigenvalue weighted by Crippen LogP contribution is 2.31. The molecule has 30 heavy (non-hydrogen) atoms. The standard InChI is InChI=1S/C22H25N7O/c1-3-7-24-17-14-20(30)16(2)13-18(17)26-21-19-6-4-5-10-29(19)27-22(21)25-9-12-28-11-8-23-15-28/h4-6,8,10-11,13-15,24H,3,7,9,12H2,1-2H3,(H,25,27)/b26-18+. The zero-order chi connectivity index (χ0) is 20.9. The first-order chi connectivity index (χ1) is 14.7. The Morgan fingerprint density at radius 1 is 1.13 bits per heavy atom. The van der Waals surface area contributed by atoms with Crippen LogP contribution in [0.5, 0.6) is 0 Å². The molecule has 1 aliphatic carbocycles. The van der Waals surface area contributed by atoms with Gasteiger partial charge in [-0.2, -0.15) is 0 Å². The summed E-state index contributed by atoms with van der Waals surface area (Å²) in [5.41, 5.74) is 3.79. The SMILES string of the molecule is CCCNC1=CC(=O)C(C)=C/C1=N\c1c(NCCn2ccnc2)nn2ccccc12. The van der Waals surface area contributed by atoms with Crippen molar-refractivity contribution in [1.82, 2.24) is 24.5 Å². The highest BCUT2D eigenvalue weighted by Gasteiger charge is 2.18. The van der Waals surface area contributed by atoms with E-state index in [9.17, 15) is 4.79 Å².